The smallest absolute Gasteiger partial charge is 0.307 e. The van der Waals surface area contributed by atoms with Gasteiger partial charge in [-0.3, -0.25) is 4.79 Å². The standard InChI is InChI=1S/C14H8Cl4O2/c15-8-5-11(17)14(12(18)6-8)9-2-1-7(3-10(9)16)4-13(19)20/h1-3,5-6H,4H2,(H,19,20). The van der Waals surface area contributed by atoms with Crippen LogP contribution in [0.25, 0.3) is 11.1 Å². The van der Waals surface area contributed by atoms with Crippen LogP contribution in [0.5, 0.6) is 0 Å². The number of hydrogen-bond donors (Lipinski definition) is 1. The number of carbonyl (C=O) groups is 1. The van der Waals surface area contributed by atoms with Crippen molar-refractivity contribution in [2.24, 2.45) is 0 Å². The summed E-state index contributed by atoms with van der Waals surface area (Å²) in [5.74, 6) is -0.920. The van der Waals surface area contributed by atoms with Crippen molar-refractivity contribution in [2.75, 3.05) is 0 Å². The second-order valence-corrected chi connectivity index (χ2v) is 5.79. The Morgan fingerprint density at radius 3 is 2.05 bits per heavy atom. The zero-order chi connectivity index (χ0) is 14.9. The van der Waals surface area contributed by atoms with Crippen LogP contribution in [0.15, 0.2) is 30.3 Å². The number of aliphatic carboxylic acids is 1. The van der Waals surface area contributed by atoms with Gasteiger partial charge in [-0.1, -0.05) is 58.5 Å². The lowest BCUT2D eigenvalue weighted by Gasteiger charge is -2.11. The first kappa shape index (κ1) is 15.5. The number of hydrogen-bond acceptors (Lipinski definition) is 1. The normalized spacial score (nSPS) is 10.6. The Bertz CT molecular complexity index is 660. The molecule has 0 aliphatic rings. The number of benzene rings is 2. The number of carboxylic acids is 1. The maximum absolute atomic E-state index is 10.7. The van der Waals surface area contributed by atoms with Gasteiger partial charge in [0.25, 0.3) is 0 Å². The summed E-state index contributed by atoms with van der Waals surface area (Å²) >= 11 is 24.3. The molecule has 6 heteroatoms. The fraction of sp³-hybridized carbons (Fsp3) is 0.0714. The summed E-state index contributed by atoms with van der Waals surface area (Å²) in [4.78, 5) is 10.7. The molecular weight excluding hydrogens is 342 g/mol. The zero-order valence-corrected chi connectivity index (χ0v) is 13.0. The van der Waals surface area contributed by atoms with E-state index < -0.39 is 5.97 Å². The van der Waals surface area contributed by atoms with E-state index in [9.17, 15) is 4.79 Å². The van der Waals surface area contributed by atoms with Crippen molar-refractivity contribution in [3.05, 3.63) is 56.0 Å². The highest BCUT2D eigenvalue weighted by molar-refractivity contribution is 6.43. The van der Waals surface area contributed by atoms with Gasteiger partial charge in [0.05, 0.1) is 16.5 Å². The molecule has 0 atom stereocenters. The van der Waals surface area contributed by atoms with Crippen LogP contribution < -0.4 is 0 Å². The van der Waals surface area contributed by atoms with Crippen LogP contribution in [0.1, 0.15) is 5.56 Å². The average Bonchev–Trinajstić information content (AvgIpc) is 2.29. The highest BCUT2D eigenvalue weighted by Gasteiger charge is 2.14. The van der Waals surface area contributed by atoms with Crippen molar-refractivity contribution in [2.45, 2.75) is 6.42 Å². The van der Waals surface area contributed by atoms with E-state index in [4.69, 9.17) is 51.5 Å². The first-order valence-electron chi connectivity index (χ1n) is 5.53. The maximum atomic E-state index is 10.7. The van der Waals surface area contributed by atoms with Crippen LogP contribution in [-0.4, -0.2) is 11.1 Å². The molecule has 0 saturated carbocycles. The molecule has 2 nitrogen and oxygen atoms in total. The van der Waals surface area contributed by atoms with Gasteiger partial charge >= 0.3 is 5.97 Å². The van der Waals surface area contributed by atoms with Gasteiger partial charge in [0.15, 0.2) is 0 Å². The van der Waals surface area contributed by atoms with Crippen LogP contribution in [0.3, 0.4) is 0 Å². The Morgan fingerprint density at radius 1 is 0.950 bits per heavy atom. The van der Waals surface area contributed by atoms with Crippen molar-refractivity contribution in [1.82, 2.24) is 0 Å². The van der Waals surface area contributed by atoms with Crippen molar-refractivity contribution in [1.29, 1.82) is 0 Å². The van der Waals surface area contributed by atoms with Crippen molar-refractivity contribution in [3.8, 4) is 11.1 Å². The predicted octanol–water partition coefficient (Wildman–Crippen LogP) is 5.59. The Morgan fingerprint density at radius 2 is 1.55 bits per heavy atom. The quantitative estimate of drug-likeness (QED) is 0.783. The molecule has 0 aliphatic carbocycles. The Labute approximate surface area is 135 Å². The molecule has 104 valence electrons. The van der Waals surface area contributed by atoms with E-state index in [1.807, 2.05) is 0 Å². The molecule has 2 rings (SSSR count). The SMILES string of the molecule is O=C(O)Cc1ccc(-c2c(Cl)cc(Cl)cc2Cl)c(Cl)c1. The maximum Gasteiger partial charge on any atom is 0.307 e. The van der Waals surface area contributed by atoms with Crippen molar-refractivity contribution in [3.63, 3.8) is 0 Å². The fourth-order valence-electron chi connectivity index (χ4n) is 1.85. The lowest BCUT2D eigenvalue weighted by molar-refractivity contribution is -0.136. The van der Waals surface area contributed by atoms with Crippen LogP contribution in [0.4, 0.5) is 0 Å². The second-order valence-electron chi connectivity index (χ2n) is 4.13. The third-order valence-electron chi connectivity index (χ3n) is 2.67. The topological polar surface area (TPSA) is 37.3 Å². The molecule has 2 aromatic rings. The first-order chi connectivity index (χ1) is 9.38. The van der Waals surface area contributed by atoms with E-state index in [0.717, 1.165) is 0 Å². The second kappa shape index (κ2) is 6.23. The molecule has 0 fully saturated rings. The van der Waals surface area contributed by atoms with Gasteiger partial charge in [-0.25, -0.2) is 0 Å². The summed E-state index contributed by atoms with van der Waals surface area (Å²) in [6.07, 6.45) is -0.0952. The van der Waals surface area contributed by atoms with Crippen LogP contribution in [-0.2, 0) is 11.2 Å². The van der Waals surface area contributed by atoms with Gasteiger partial charge in [0.2, 0.25) is 0 Å². The summed E-state index contributed by atoms with van der Waals surface area (Å²) in [7, 11) is 0. The molecule has 20 heavy (non-hydrogen) atoms. The minimum atomic E-state index is -0.920. The van der Waals surface area contributed by atoms with Gasteiger partial charge < -0.3 is 5.11 Å². The van der Waals surface area contributed by atoms with Crippen molar-refractivity contribution < 1.29 is 9.90 Å². The van der Waals surface area contributed by atoms with Crippen LogP contribution >= 0.6 is 46.4 Å². The Balaban J connectivity index is 2.51. The first-order valence-corrected chi connectivity index (χ1v) is 7.05. The molecule has 0 saturated heterocycles. The van der Waals surface area contributed by atoms with Gasteiger partial charge in [0, 0.05) is 21.2 Å². The van der Waals surface area contributed by atoms with E-state index in [1.165, 1.54) is 0 Å². The monoisotopic (exact) mass is 348 g/mol. The molecule has 0 spiro atoms. The molecule has 0 aromatic heterocycles. The third kappa shape index (κ3) is 3.39. The lowest BCUT2D eigenvalue weighted by atomic mass is 10.0. The predicted molar refractivity (Wildman–Crippen MR) is 83.3 cm³/mol. The number of rotatable bonds is 3. The lowest BCUT2D eigenvalue weighted by Crippen LogP contribution is -2.00. The highest BCUT2D eigenvalue weighted by atomic mass is 35.5. The molecule has 0 bridgehead atoms. The largest absolute Gasteiger partial charge is 0.481 e. The number of carboxylic acid groups (broad SMARTS) is 1. The van der Waals surface area contributed by atoms with E-state index >= 15 is 0 Å². The average molecular weight is 350 g/mol. The summed E-state index contributed by atoms with van der Waals surface area (Å²) in [5, 5.41) is 10.3. The van der Waals surface area contributed by atoms with Gasteiger partial charge in [-0.15, -0.1) is 0 Å². The van der Waals surface area contributed by atoms with E-state index in [1.54, 1.807) is 30.3 Å². The van der Waals surface area contributed by atoms with Crippen LogP contribution in [0, 0.1) is 0 Å². The molecule has 0 aliphatic heterocycles. The minimum Gasteiger partial charge on any atom is -0.481 e. The summed E-state index contributed by atoms with van der Waals surface area (Å²) < 4.78 is 0. The van der Waals surface area contributed by atoms with Gasteiger partial charge in [-0.05, 0) is 23.8 Å². The van der Waals surface area contributed by atoms with Gasteiger partial charge in [0.1, 0.15) is 0 Å². The Kier molecular flexibility index (Phi) is 4.82. The summed E-state index contributed by atoms with van der Waals surface area (Å²) in [6.45, 7) is 0. The molecule has 0 unspecified atom stereocenters. The third-order valence-corrected chi connectivity index (χ3v) is 3.79. The molecule has 0 heterocycles. The van der Waals surface area contributed by atoms with Gasteiger partial charge in [-0.2, -0.15) is 0 Å². The van der Waals surface area contributed by atoms with E-state index in [0.29, 0.717) is 36.8 Å². The summed E-state index contributed by atoms with van der Waals surface area (Å²) in [6, 6.07) is 8.11. The van der Waals surface area contributed by atoms with Crippen LogP contribution in [0.2, 0.25) is 20.1 Å². The molecular formula is C14H8Cl4O2. The Hall–Kier alpha value is -0.930. The molecule has 0 radical (unpaired) electrons. The zero-order valence-electron chi connectivity index (χ0n) is 9.96. The van der Waals surface area contributed by atoms with E-state index in [-0.39, 0.29) is 6.42 Å². The molecule has 0 amide bonds. The molecule has 2 aromatic carbocycles. The fourth-order valence-corrected chi connectivity index (χ4v) is 3.16. The molecule has 1 N–H and O–H groups in total. The minimum absolute atomic E-state index is 0.0952. The number of halogens is 4. The summed E-state index contributed by atoms with van der Waals surface area (Å²) in [5.41, 5.74) is 1.81. The van der Waals surface area contributed by atoms with E-state index in [2.05, 4.69) is 0 Å². The highest BCUT2D eigenvalue weighted by Crippen LogP contribution is 2.40. The van der Waals surface area contributed by atoms with Crippen molar-refractivity contribution >= 4 is 52.4 Å².